The Morgan fingerprint density at radius 2 is 1.81 bits per heavy atom. The highest BCUT2D eigenvalue weighted by Crippen LogP contribution is 2.21. The first-order chi connectivity index (χ1) is 10.2. The second kappa shape index (κ2) is 5.54. The summed E-state index contributed by atoms with van der Waals surface area (Å²) in [5.41, 5.74) is 1.51. The monoisotopic (exact) mass is 284 g/mol. The van der Waals surface area contributed by atoms with Crippen molar-refractivity contribution in [3.63, 3.8) is 0 Å². The third-order valence-corrected chi connectivity index (χ3v) is 2.96. The first-order valence-electron chi connectivity index (χ1n) is 6.30. The lowest BCUT2D eigenvalue weighted by Crippen LogP contribution is -2.29. The normalized spacial score (nSPS) is 10.5. The van der Waals surface area contributed by atoms with Crippen LogP contribution in [0.1, 0.15) is 5.69 Å². The van der Waals surface area contributed by atoms with Gasteiger partial charge in [-0.2, -0.15) is 0 Å². The van der Waals surface area contributed by atoms with Crippen LogP contribution in [0.25, 0.3) is 11.3 Å². The summed E-state index contributed by atoms with van der Waals surface area (Å²) in [5.74, 6) is 0.684. The van der Waals surface area contributed by atoms with Crippen LogP contribution in [-0.2, 0) is 6.61 Å². The standard InChI is InChI=1S/C15H12N2O4/c18-12-6-8-13(9-7-12)20-10-14-15(16-21-17(14)19)11-4-2-1-3-5-11/h1-9,18H,10H2. The molecule has 0 aliphatic heterocycles. The first-order valence-corrected chi connectivity index (χ1v) is 6.30. The van der Waals surface area contributed by atoms with Crippen molar-refractivity contribution < 1.29 is 19.4 Å². The fourth-order valence-corrected chi connectivity index (χ4v) is 1.90. The highest BCUT2D eigenvalue weighted by atomic mass is 16.8. The van der Waals surface area contributed by atoms with Gasteiger partial charge in [0.15, 0.2) is 6.61 Å². The second-order valence-electron chi connectivity index (χ2n) is 4.37. The topological polar surface area (TPSA) is 82.4 Å². The van der Waals surface area contributed by atoms with E-state index in [0.29, 0.717) is 16.3 Å². The van der Waals surface area contributed by atoms with E-state index < -0.39 is 0 Å². The van der Waals surface area contributed by atoms with E-state index in [0.717, 1.165) is 5.56 Å². The smallest absolute Gasteiger partial charge is 0.255 e. The molecule has 0 aliphatic rings. The molecule has 1 aromatic heterocycles. The Labute approximate surface area is 120 Å². The number of benzene rings is 2. The lowest BCUT2D eigenvalue weighted by Gasteiger charge is -2.04. The van der Waals surface area contributed by atoms with E-state index in [1.807, 2.05) is 30.3 Å². The molecule has 6 heteroatoms. The lowest BCUT2D eigenvalue weighted by molar-refractivity contribution is -0.808. The zero-order valence-corrected chi connectivity index (χ0v) is 11.0. The van der Waals surface area contributed by atoms with Gasteiger partial charge in [-0.25, -0.2) is 0 Å². The van der Waals surface area contributed by atoms with Crippen molar-refractivity contribution in [2.75, 3.05) is 0 Å². The number of ether oxygens (including phenoxy) is 1. The Balaban J connectivity index is 1.82. The largest absolute Gasteiger partial charge is 0.508 e. The van der Waals surface area contributed by atoms with E-state index in [-0.39, 0.29) is 18.1 Å². The summed E-state index contributed by atoms with van der Waals surface area (Å²) < 4.78 is 10.2. The molecule has 6 nitrogen and oxygen atoms in total. The average molecular weight is 284 g/mol. The van der Waals surface area contributed by atoms with Crippen LogP contribution in [0.5, 0.6) is 11.5 Å². The zero-order chi connectivity index (χ0) is 14.7. The van der Waals surface area contributed by atoms with Crippen molar-refractivity contribution in [1.29, 1.82) is 0 Å². The van der Waals surface area contributed by atoms with Crippen molar-refractivity contribution in [2.24, 2.45) is 0 Å². The molecule has 0 amide bonds. The van der Waals surface area contributed by atoms with Crippen LogP contribution in [0.4, 0.5) is 0 Å². The van der Waals surface area contributed by atoms with Gasteiger partial charge in [-0.1, -0.05) is 30.3 Å². The minimum absolute atomic E-state index is 0.0159. The van der Waals surface area contributed by atoms with Crippen LogP contribution in [0, 0.1) is 5.21 Å². The molecule has 0 bridgehead atoms. The molecule has 0 spiro atoms. The van der Waals surface area contributed by atoms with Crippen LogP contribution in [0.3, 0.4) is 0 Å². The number of hydrogen-bond donors (Lipinski definition) is 1. The Kier molecular flexibility index (Phi) is 3.42. The number of aromatic hydroxyl groups is 1. The van der Waals surface area contributed by atoms with Crippen molar-refractivity contribution in [3.05, 3.63) is 65.5 Å². The van der Waals surface area contributed by atoms with Gasteiger partial charge < -0.3 is 15.1 Å². The highest BCUT2D eigenvalue weighted by molar-refractivity contribution is 5.59. The van der Waals surface area contributed by atoms with Crippen LogP contribution in [0.15, 0.2) is 59.2 Å². The maximum atomic E-state index is 11.7. The second-order valence-corrected chi connectivity index (χ2v) is 4.37. The predicted molar refractivity (Wildman–Crippen MR) is 73.3 cm³/mol. The Morgan fingerprint density at radius 1 is 1.10 bits per heavy atom. The van der Waals surface area contributed by atoms with E-state index in [1.54, 1.807) is 12.1 Å². The molecular weight excluding hydrogens is 272 g/mol. The summed E-state index contributed by atoms with van der Waals surface area (Å²) >= 11 is 0. The average Bonchev–Trinajstić information content (AvgIpc) is 2.89. The molecule has 0 radical (unpaired) electrons. The van der Waals surface area contributed by atoms with Gasteiger partial charge in [0.2, 0.25) is 5.69 Å². The minimum atomic E-state index is 0.0159. The Bertz CT molecular complexity index is 723. The number of hydrogen-bond acceptors (Lipinski definition) is 5. The van der Waals surface area contributed by atoms with Gasteiger partial charge in [0.05, 0.1) is 0 Å². The molecule has 0 aliphatic carbocycles. The molecule has 1 heterocycles. The Morgan fingerprint density at radius 3 is 2.52 bits per heavy atom. The van der Waals surface area contributed by atoms with Crippen LogP contribution in [0.2, 0.25) is 0 Å². The van der Waals surface area contributed by atoms with Gasteiger partial charge in [0.1, 0.15) is 11.5 Å². The van der Waals surface area contributed by atoms with Gasteiger partial charge in [-0.15, -0.1) is 0 Å². The number of phenolic OH excluding ortho intramolecular Hbond substituents is 1. The van der Waals surface area contributed by atoms with Gasteiger partial charge in [-0.3, -0.25) is 4.63 Å². The summed E-state index contributed by atoms with van der Waals surface area (Å²) in [6.07, 6.45) is 0. The van der Waals surface area contributed by atoms with Gasteiger partial charge in [0, 0.05) is 10.7 Å². The molecule has 0 saturated carbocycles. The van der Waals surface area contributed by atoms with Gasteiger partial charge in [-0.05, 0) is 29.2 Å². The molecule has 0 fully saturated rings. The summed E-state index contributed by atoms with van der Waals surface area (Å²) in [4.78, 5) is 0.336. The van der Waals surface area contributed by atoms with E-state index in [9.17, 15) is 10.3 Å². The van der Waals surface area contributed by atoms with E-state index in [1.165, 1.54) is 12.1 Å². The molecule has 1 N–H and O–H groups in total. The van der Waals surface area contributed by atoms with Crippen molar-refractivity contribution >= 4 is 0 Å². The minimum Gasteiger partial charge on any atom is -0.508 e. The number of aromatic nitrogens is 2. The first kappa shape index (κ1) is 13.0. The van der Waals surface area contributed by atoms with Crippen LogP contribution < -0.4 is 9.64 Å². The molecule has 2 aromatic carbocycles. The fourth-order valence-electron chi connectivity index (χ4n) is 1.90. The maximum Gasteiger partial charge on any atom is 0.255 e. The van der Waals surface area contributed by atoms with Gasteiger partial charge >= 0.3 is 0 Å². The number of phenols is 1. The van der Waals surface area contributed by atoms with E-state index >= 15 is 0 Å². The van der Waals surface area contributed by atoms with Crippen molar-refractivity contribution in [2.45, 2.75) is 6.61 Å². The quantitative estimate of drug-likeness (QED) is 0.743. The van der Waals surface area contributed by atoms with Crippen molar-refractivity contribution in [1.82, 2.24) is 5.16 Å². The maximum absolute atomic E-state index is 11.7. The lowest BCUT2D eigenvalue weighted by atomic mass is 10.1. The van der Waals surface area contributed by atoms with Crippen LogP contribution >= 0.6 is 0 Å². The molecular formula is C15H12N2O4. The summed E-state index contributed by atoms with van der Waals surface area (Å²) in [5, 5.41) is 24.6. The van der Waals surface area contributed by atoms with E-state index in [4.69, 9.17) is 4.74 Å². The molecule has 21 heavy (non-hydrogen) atoms. The predicted octanol–water partition coefficient (Wildman–Crippen LogP) is 2.26. The van der Waals surface area contributed by atoms with Gasteiger partial charge in [0.25, 0.3) is 5.69 Å². The third kappa shape index (κ3) is 2.79. The number of rotatable bonds is 4. The number of nitrogens with zero attached hydrogens (tertiary/aromatic N) is 2. The fraction of sp³-hybridized carbons (Fsp3) is 0.0667. The zero-order valence-electron chi connectivity index (χ0n) is 11.0. The summed E-state index contributed by atoms with van der Waals surface area (Å²) in [6, 6.07) is 15.5. The summed E-state index contributed by atoms with van der Waals surface area (Å²) in [6.45, 7) is 0.0159. The molecule has 106 valence electrons. The third-order valence-electron chi connectivity index (χ3n) is 2.96. The summed E-state index contributed by atoms with van der Waals surface area (Å²) in [7, 11) is 0. The molecule has 0 atom stereocenters. The molecule has 0 unspecified atom stereocenters. The SMILES string of the molecule is [O-][n+]1onc(-c2ccccc2)c1COc1ccc(O)cc1. The van der Waals surface area contributed by atoms with E-state index in [2.05, 4.69) is 9.79 Å². The highest BCUT2D eigenvalue weighted by Gasteiger charge is 2.21. The van der Waals surface area contributed by atoms with Crippen molar-refractivity contribution in [3.8, 4) is 22.8 Å². The Hall–Kier alpha value is -3.02. The van der Waals surface area contributed by atoms with Crippen LogP contribution in [-0.4, -0.2) is 10.3 Å². The molecule has 3 rings (SSSR count). The molecule has 3 aromatic rings. The molecule has 0 saturated heterocycles.